The van der Waals surface area contributed by atoms with E-state index in [1.165, 1.54) is 0 Å². The Labute approximate surface area is 146 Å². The van der Waals surface area contributed by atoms with Crippen LogP contribution in [-0.4, -0.2) is 29.2 Å². The fourth-order valence-electron chi connectivity index (χ4n) is 2.89. The number of ether oxygens (including phenoxy) is 1. The van der Waals surface area contributed by atoms with Gasteiger partial charge in [-0.2, -0.15) is 0 Å². The molecule has 5 nitrogen and oxygen atoms in total. The van der Waals surface area contributed by atoms with Gasteiger partial charge in [-0.05, 0) is 49.6 Å². The van der Waals surface area contributed by atoms with Crippen molar-refractivity contribution in [3.63, 3.8) is 0 Å². The molecule has 0 aromatic heterocycles. The van der Waals surface area contributed by atoms with Crippen molar-refractivity contribution in [3.05, 3.63) is 64.2 Å². The summed E-state index contributed by atoms with van der Waals surface area (Å²) in [6.45, 7) is 5.73. The van der Waals surface area contributed by atoms with Gasteiger partial charge in [0.05, 0.1) is 17.5 Å². The van der Waals surface area contributed by atoms with Crippen LogP contribution in [0, 0.1) is 20.8 Å². The quantitative estimate of drug-likeness (QED) is 0.488. The van der Waals surface area contributed by atoms with Crippen LogP contribution < -0.4 is 4.74 Å². The van der Waals surface area contributed by atoms with Crippen LogP contribution in [0.15, 0.2) is 36.4 Å². The van der Waals surface area contributed by atoms with E-state index < -0.39 is 5.97 Å². The predicted molar refractivity (Wildman–Crippen MR) is 92.7 cm³/mol. The zero-order valence-electron chi connectivity index (χ0n) is 14.5. The van der Waals surface area contributed by atoms with Crippen molar-refractivity contribution >= 4 is 17.8 Å². The molecule has 2 amide bonds. The lowest BCUT2D eigenvalue weighted by Crippen LogP contribution is -2.32. The standard InChI is InChI=1S/C20H19NO4/c1-12-8-9-13(2)18(14(12)3)25-17(22)10-11-21-19(23)15-6-4-5-7-16(15)20(21)24/h4-9H,10-11H2,1-3H3. The number of hydrogen-bond acceptors (Lipinski definition) is 4. The third kappa shape index (κ3) is 3.05. The summed E-state index contributed by atoms with van der Waals surface area (Å²) in [6, 6.07) is 10.5. The van der Waals surface area contributed by atoms with Crippen LogP contribution in [-0.2, 0) is 4.79 Å². The monoisotopic (exact) mass is 337 g/mol. The molecule has 0 saturated carbocycles. The van der Waals surface area contributed by atoms with Crippen LogP contribution in [0.1, 0.15) is 43.8 Å². The minimum absolute atomic E-state index is 0.00902. The molecule has 0 radical (unpaired) electrons. The number of nitrogens with zero attached hydrogens (tertiary/aromatic N) is 1. The van der Waals surface area contributed by atoms with E-state index in [1.807, 2.05) is 32.9 Å². The Hall–Kier alpha value is -2.95. The van der Waals surface area contributed by atoms with E-state index >= 15 is 0 Å². The largest absolute Gasteiger partial charge is 0.426 e. The Morgan fingerprint density at radius 1 is 0.920 bits per heavy atom. The van der Waals surface area contributed by atoms with E-state index in [-0.39, 0.29) is 24.8 Å². The molecule has 0 unspecified atom stereocenters. The predicted octanol–water partition coefficient (Wildman–Crippen LogP) is 3.20. The van der Waals surface area contributed by atoms with Crippen molar-refractivity contribution < 1.29 is 19.1 Å². The van der Waals surface area contributed by atoms with Gasteiger partial charge >= 0.3 is 5.97 Å². The molecule has 2 aromatic rings. The lowest BCUT2D eigenvalue weighted by Gasteiger charge is -2.15. The number of carbonyl (C=O) groups is 3. The Bertz CT molecular complexity index is 850. The van der Waals surface area contributed by atoms with Gasteiger partial charge in [0, 0.05) is 6.54 Å². The third-order valence-electron chi connectivity index (χ3n) is 4.51. The second-order valence-corrected chi connectivity index (χ2v) is 6.19. The lowest BCUT2D eigenvalue weighted by molar-refractivity contribution is -0.134. The highest BCUT2D eigenvalue weighted by Gasteiger charge is 2.35. The van der Waals surface area contributed by atoms with E-state index in [2.05, 4.69) is 0 Å². The maximum Gasteiger partial charge on any atom is 0.313 e. The molecule has 2 aromatic carbocycles. The Balaban J connectivity index is 1.67. The fourth-order valence-corrected chi connectivity index (χ4v) is 2.89. The van der Waals surface area contributed by atoms with Crippen molar-refractivity contribution in [1.82, 2.24) is 4.90 Å². The molecule has 25 heavy (non-hydrogen) atoms. The molecule has 1 aliphatic rings. The van der Waals surface area contributed by atoms with Crippen molar-refractivity contribution in [1.29, 1.82) is 0 Å². The summed E-state index contributed by atoms with van der Waals surface area (Å²) in [5.41, 5.74) is 3.58. The maximum absolute atomic E-state index is 12.3. The first kappa shape index (κ1) is 16.9. The van der Waals surface area contributed by atoms with Gasteiger partial charge in [0.1, 0.15) is 5.75 Å². The van der Waals surface area contributed by atoms with Crippen LogP contribution in [0.4, 0.5) is 0 Å². The van der Waals surface area contributed by atoms with Gasteiger partial charge in [-0.3, -0.25) is 19.3 Å². The van der Waals surface area contributed by atoms with Crippen molar-refractivity contribution in [3.8, 4) is 5.75 Å². The van der Waals surface area contributed by atoms with Gasteiger partial charge in [-0.1, -0.05) is 24.3 Å². The average Bonchev–Trinajstić information content (AvgIpc) is 2.85. The van der Waals surface area contributed by atoms with E-state index in [0.29, 0.717) is 16.9 Å². The first-order valence-electron chi connectivity index (χ1n) is 8.13. The highest BCUT2D eigenvalue weighted by atomic mass is 16.5. The first-order valence-corrected chi connectivity index (χ1v) is 8.13. The SMILES string of the molecule is Cc1ccc(C)c(OC(=O)CCN2C(=O)c3ccccc3C2=O)c1C. The molecule has 0 aliphatic carbocycles. The zero-order valence-corrected chi connectivity index (χ0v) is 14.5. The van der Waals surface area contributed by atoms with Crippen LogP contribution in [0.25, 0.3) is 0 Å². The van der Waals surface area contributed by atoms with Gasteiger partial charge in [0.2, 0.25) is 0 Å². The van der Waals surface area contributed by atoms with E-state index in [0.717, 1.165) is 21.6 Å². The number of hydrogen-bond donors (Lipinski definition) is 0. The van der Waals surface area contributed by atoms with Gasteiger partial charge in [0.15, 0.2) is 0 Å². The lowest BCUT2D eigenvalue weighted by atomic mass is 10.1. The smallest absolute Gasteiger partial charge is 0.313 e. The average molecular weight is 337 g/mol. The summed E-state index contributed by atoms with van der Waals surface area (Å²) < 4.78 is 5.48. The van der Waals surface area contributed by atoms with Gasteiger partial charge in [-0.25, -0.2) is 0 Å². The van der Waals surface area contributed by atoms with Crippen LogP contribution in [0.2, 0.25) is 0 Å². The Morgan fingerprint density at radius 2 is 1.48 bits per heavy atom. The number of rotatable bonds is 4. The summed E-state index contributed by atoms with van der Waals surface area (Å²) in [5, 5.41) is 0. The van der Waals surface area contributed by atoms with Crippen molar-refractivity contribution in [2.24, 2.45) is 0 Å². The molecule has 1 aliphatic heterocycles. The van der Waals surface area contributed by atoms with Crippen LogP contribution >= 0.6 is 0 Å². The normalized spacial score (nSPS) is 13.2. The third-order valence-corrected chi connectivity index (χ3v) is 4.51. The molecule has 0 spiro atoms. The minimum atomic E-state index is -0.464. The molecule has 0 N–H and O–H groups in total. The Morgan fingerprint density at radius 3 is 2.08 bits per heavy atom. The first-order chi connectivity index (χ1) is 11.9. The number of carbonyl (C=O) groups excluding carboxylic acids is 3. The molecule has 0 saturated heterocycles. The molecular formula is C20H19NO4. The summed E-state index contributed by atoms with van der Waals surface area (Å²) in [6.07, 6.45) is -0.0434. The van der Waals surface area contributed by atoms with Crippen molar-refractivity contribution in [2.75, 3.05) is 6.54 Å². The number of amides is 2. The molecule has 128 valence electrons. The fraction of sp³-hybridized carbons (Fsp3) is 0.250. The molecule has 0 fully saturated rings. The highest BCUT2D eigenvalue weighted by molar-refractivity contribution is 6.21. The van der Waals surface area contributed by atoms with Gasteiger partial charge < -0.3 is 4.74 Å². The molecular weight excluding hydrogens is 318 g/mol. The summed E-state index contributed by atoms with van der Waals surface area (Å²) in [7, 11) is 0. The van der Waals surface area contributed by atoms with Crippen LogP contribution in [0.3, 0.4) is 0 Å². The second-order valence-electron chi connectivity index (χ2n) is 6.19. The summed E-state index contributed by atoms with van der Waals surface area (Å²) >= 11 is 0. The summed E-state index contributed by atoms with van der Waals surface area (Å²) in [4.78, 5) is 37.9. The molecule has 0 bridgehead atoms. The molecule has 1 heterocycles. The van der Waals surface area contributed by atoms with Gasteiger partial charge in [-0.15, -0.1) is 0 Å². The molecule has 0 atom stereocenters. The second kappa shape index (κ2) is 6.51. The van der Waals surface area contributed by atoms with E-state index in [1.54, 1.807) is 24.3 Å². The van der Waals surface area contributed by atoms with Crippen LogP contribution in [0.5, 0.6) is 5.75 Å². The molecule has 3 rings (SSSR count). The maximum atomic E-state index is 12.3. The number of imide groups is 1. The minimum Gasteiger partial charge on any atom is -0.426 e. The zero-order chi connectivity index (χ0) is 18.1. The number of fused-ring (bicyclic) bond motifs is 1. The number of benzene rings is 2. The van der Waals surface area contributed by atoms with Crippen molar-refractivity contribution in [2.45, 2.75) is 27.2 Å². The summed E-state index contributed by atoms with van der Waals surface area (Å²) in [5.74, 6) is -0.645. The Kier molecular flexibility index (Phi) is 4.40. The number of aryl methyl sites for hydroxylation is 2. The van der Waals surface area contributed by atoms with E-state index in [4.69, 9.17) is 4.74 Å². The highest BCUT2D eigenvalue weighted by Crippen LogP contribution is 2.26. The molecule has 5 heteroatoms. The topological polar surface area (TPSA) is 63.7 Å². The van der Waals surface area contributed by atoms with Gasteiger partial charge in [0.25, 0.3) is 11.8 Å². The van der Waals surface area contributed by atoms with E-state index in [9.17, 15) is 14.4 Å². The number of esters is 1.